The van der Waals surface area contributed by atoms with Gasteiger partial charge in [-0.05, 0) is 69.5 Å². The van der Waals surface area contributed by atoms with Gasteiger partial charge in [0.25, 0.3) is 0 Å². The number of thiophene rings is 1. The predicted octanol–water partition coefficient (Wildman–Crippen LogP) is 14.0. The molecule has 7 aromatic carbocycles. The van der Waals surface area contributed by atoms with Crippen LogP contribution < -0.4 is 5.32 Å². The molecule has 1 aliphatic rings. The number of aromatic nitrogens is 1. The summed E-state index contributed by atoms with van der Waals surface area (Å²) in [6.07, 6.45) is 0. The predicted molar refractivity (Wildman–Crippen MR) is 223 cm³/mol. The van der Waals surface area contributed by atoms with E-state index < -0.39 is 0 Å². The van der Waals surface area contributed by atoms with E-state index in [1.54, 1.807) is 0 Å². The Bertz CT molecular complexity index is 2860. The molecule has 0 unspecified atom stereocenters. The molecule has 2 nitrogen and oxygen atoms in total. The zero-order valence-corrected chi connectivity index (χ0v) is 30.2. The van der Waals surface area contributed by atoms with Crippen LogP contribution in [0.3, 0.4) is 0 Å². The Kier molecular flexibility index (Phi) is 6.96. The second-order valence-electron chi connectivity index (χ2n) is 14.4. The fourth-order valence-electron chi connectivity index (χ4n) is 8.47. The fraction of sp³-hybridized carbons (Fsp3) is 0.0816. The van der Waals surface area contributed by atoms with Crippen LogP contribution in [0.25, 0.3) is 75.7 Å². The number of para-hydroxylation sites is 1. The van der Waals surface area contributed by atoms with Crippen LogP contribution in [0.5, 0.6) is 0 Å². The Morgan fingerprint density at radius 2 is 1.15 bits per heavy atom. The first-order valence-corrected chi connectivity index (χ1v) is 18.8. The molecule has 2 aromatic heterocycles. The van der Waals surface area contributed by atoms with Crippen molar-refractivity contribution in [3.05, 3.63) is 174 Å². The van der Waals surface area contributed by atoms with E-state index in [-0.39, 0.29) is 5.41 Å². The van der Waals surface area contributed by atoms with Gasteiger partial charge in [0.1, 0.15) is 0 Å². The number of nitrogens with one attached hydrogen (secondary N) is 1. The average molecular weight is 685 g/mol. The van der Waals surface area contributed by atoms with Gasteiger partial charge in [-0.3, -0.25) is 0 Å². The van der Waals surface area contributed by atoms with Gasteiger partial charge in [-0.1, -0.05) is 153 Å². The Balaban J connectivity index is 1.09. The Morgan fingerprint density at radius 1 is 0.519 bits per heavy atom. The molecule has 1 aliphatic carbocycles. The second-order valence-corrected chi connectivity index (χ2v) is 15.5. The lowest BCUT2D eigenvalue weighted by Crippen LogP contribution is -2.15. The first kappa shape index (κ1) is 30.8. The summed E-state index contributed by atoms with van der Waals surface area (Å²) in [7, 11) is 0. The van der Waals surface area contributed by atoms with Crippen molar-refractivity contribution < 1.29 is 0 Å². The van der Waals surface area contributed by atoms with Crippen LogP contribution in [0.1, 0.15) is 30.5 Å². The van der Waals surface area contributed by atoms with Crippen molar-refractivity contribution in [3.8, 4) is 44.6 Å². The van der Waals surface area contributed by atoms with E-state index in [1.807, 2.05) is 11.3 Å². The highest BCUT2D eigenvalue weighted by Gasteiger charge is 2.40. The molecule has 0 atom stereocenters. The van der Waals surface area contributed by atoms with Crippen LogP contribution in [-0.2, 0) is 5.41 Å². The number of pyridine rings is 1. The summed E-state index contributed by atoms with van der Waals surface area (Å²) in [4.78, 5) is 5.51. The average Bonchev–Trinajstić information content (AvgIpc) is 3.67. The monoisotopic (exact) mass is 684 g/mol. The first-order valence-electron chi connectivity index (χ1n) is 18.0. The molecule has 0 radical (unpaired) electrons. The van der Waals surface area contributed by atoms with Crippen molar-refractivity contribution in [2.75, 3.05) is 5.32 Å². The maximum atomic E-state index is 5.51. The number of hydrogen-bond acceptors (Lipinski definition) is 3. The molecule has 9 aromatic rings. The van der Waals surface area contributed by atoms with Gasteiger partial charge < -0.3 is 5.32 Å². The van der Waals surface area contributed by atoms with Crippen molar-refractivity contribution in [3.63, 3.8) is 0 Å². The van der Waals surface area contributed by atoms with Crippen molar-refractivity contribution in [2.45, 2.75) is 26.2 Å². The molecule has 52 heavy (non-hydrogen) atoms. The van der Waals surface area contributed by atoms with E-state index in [4.69, 9.17) is 4.98 Å². The van der Waals surface area contributed by atoms with Gasteiger partial charge >= 0.3 is 0 Å². The Labute approximate surface area is 308 Å². The van der Waals surface area contributed by atoms with Crippen molar-refractivity contribution in [1.29, 1.82) is 0 Å². The van der Waals surface area contributed by atoms with Crippen molar-refractivity contribution >= 4 is 53.8 Å². The molecule has 0 bridgehead atoms. The number of fused-ring (bicyclic) bond motifs is 8. The van der Waals surface area contributed by atoms with Crippen LogP contribution >= 0.6 is 11.3 Å². The van der Waals surface area contributed by atoms with Crippen LogP contribution in [0, 0.1) is 6.92 Å². The summed E-state index contributed by atoms with van der Waals surface area (Å²) in [5.41, 5.74) is 16.8. The maximum Gasteiger partial charge on any atom is 0.0899 e. The van der Waals surface area contributed by atoms with Crippen molar-refractivity contribution in [1.82, 2.24) is 4.98 Å². The van der Waals surface area contributed by atoms with E-state index in [9.17, 15) is 0 Å². The Morgan fingerprint density at radius 3 is 1.96 bits per heavy atom. The standard InChI is InChI=1S/C49H36N2S/c1-30-14-4-5-15-33(30)36-17-9-12-22-41(36)50-42-29-28-34(35-16-6-7-18-37(35)42)31-24-26-32(27-25-31)46-44-38-19-8-11-21-40(38)49(2,3)45(44)48-47(51-46)39-20-10-13-23-43(39)52-48/h4-29,50H,1-3H3. The highest BCUT2D eigenvalue weighted by Crippen LogP contribution is 2.56. The van der Waals surface area contributed by atoms with Crippen molar-refractivity contribution in [2.24, 2.45) is 0 Å². The zero-order chi connectivity index (χ0) is 35.0. The molecular weight excluding hydrogens is 649 g/mol. The van der Waals surface area contributed by atoms with Gasteiger partial charge in [-0.15, -0.1) is 11.3 Å². The molecule has 0 saturated heterocycles. The lowest BCUT2D eigenvalue weighted by atomic mass is 9.82. The molecule has 0 saturated carbocycles. The summed E-state index contributed by atoms with van der Waals surface area (Å²) in [6, 6.07) is 57.1. The van der Waals surface area contributed by atoms with Crippen LogP contribution in [-0.4, -0.2) is 4.98 Å². The summed E-state index contributed by atoms with van der Waals surface area (Å²) >= 11 is 1.88. The molecule has 0 amide bonds. The summed E-state index contributed by atoms with van der Waals surface area (Å²) in [6.45, 7) is 6.92. The lowest BCUT2D eigenvalue weighted by Gasteiger charge is -2.22. The number of hydrogen-bond donors (Lipinski definition) is 1. The Hall–Kier alpha value is -6.03. The molecule has 3 heteroatoms. The largest absolute Gasteiger partial charge is 0.355 e. The fourth-order valence-corrected chi connectivity index (χ4v) is 9.83. The normalized spacial score (nSPS) is 13.1. The molecule has 1 N–H and O–H groups in total. The molecule has 0 fully saturated rings. The second kappa shape index (κ2) is 11.8. The molecule has 0 aliphatic heterocycles. The van der Waals surface area contributed by atoms with E-state index in [2.05, 4.69) is 184 Å². The molecule has 10 rings (SSSR count). The van der Waals surface area contributed by atoms with Gasteiger partial charge in [0.2, 0.25) is 0 Å². The third-order valence-corrected chi connectivity index (χ3v) is 12.2. The molecular formula is C49H36N2S. The highest BCUT2D eigenvalue weighted by atomic mass is 32.1. The topological polar surface area (TPSA) is 24.9 Å². The number of aryl methyl sites for hydroxylation is 1. The molecule has 248 valence electrons. The van der Waals surface area contributed by atoms with E-state index in [0.717, 1.165) is 28.1 Å². The first-order chi connectivity index (χ1) is 25.5. The van der Waals surface area contributed by atoms with E-state index in [0.29, 0.717) is 0 Å². The minimum atomic E-state index is -0.127. The third-order valence-electron chi connectivity index (χ3n) is 11.0. The minimum absolute atomic E-state index is 0.127. The smallest absolute Gasteiger partial charge is 0.0899 e. The van der Waals surface area contributed by atoms with E-state index in [1.165, 1.54) is 75.6 Å². The minimum Gasteiger partial charge on any atom is -0.355 e. The van der Waals surface area contributed by atoms with Crippen LogP contribution in [0.15, 0.2) is 158 Å². The number of rotatable bonds is 5. The lowest BCUT2D eigenvalue weighted by molar-refractivity contribution is 0.667. The van der Waals surface area contributed by atoms with Gasteiger partial charge in [-0.25, -0.2) is 4.98 Å². The number of benzene rings is 7. The molecule has 2 heterocycles. The third kappa shape index (κ3) is 4.66. The highest BCUT2D eigenvalue weighted by molar-refractivity contribution is 7.26. The number of anilines is 2. The zero-order valence-electron chi connectivity index (χ0n) is 29.4. The van der Waals surface area contributed by atoms with Crippen LogP contribution in [0.4, 0.5) is 11.4 Å². The summed E-state index contributed by atoms with van der Waals surface area (Å²) in [5, 5.41) is 7.45. The summed E-state index contributed by atoms with van der Waals surface area (Å²) in [5.74, 6) is 0. The maximum absolute atomic E-state index is 5.51. The van der Waals surface area contributed by atoms with Gasteiger partial charge in [0.05, 0.1) is 15.9 Å². The van der Waals surface area contributed by atoms with Gasteiger partial charge in [-0.2, -0.15) is 0 Å². The number of nitrogens with zero attached hydrogens (tertiary/aromatic N) is 1. The summed E-state index contributed by atoms with van der Waals surface area (Å²) < 4.78 is 2.59. The molecule has 0 spiro atoms. The van der Waals surface area contributed by atoms with E-state index >= 15 is 0 Å². The van der Waals surface area contributed by atoms with Crippen LogP contribution in [0.2, 0.25) is 0 Å². The SMILES string of the molecule is Cc1ccccc1-c1ccccc1Nc1ccc(-c2ccc(-c3nc4c(sc5ccccc54)c4c3-c3ccccc3C4(C)C)cc2)c2ccccc12. The van der Waals surface area contributed by atoms with Gasteiger partial charge in [0.15, 0.2) is 0 Å². The van der Waals surface area contributed by atoms with Gasteiger partial charge in [0, 0.05) is 49.0 Å². The quantitative estimate of drug-likeness (QED) is 0.195.